The average molecular weight is 366 g/mol. The minimum atomic E-state index is -1.90. The summed E-state index contributed by atoms with van der Waals surface area (Å²) in [4.78, 5) is 18.3. The van der Waals surface area contributed by atoms with Crippen LogP contribution in [0.15, 0.2) is 60.1 Å². The van der Waals surface area contributed by atoms with E-state index in [2.05, 4.69) is 10.1 Å². The monoisotopic (exact) mass is 366 g/mol. The second-order valence-corrected chi connectivity index (χ2v) is 6.51. The molecule has 1 aromatic carbocycles. The molecule has 1 saturated heterocycles. The number of likely N-dealkylation sites (tertiary alicyclic amines) is 1. The molecule has 4 rings (SSSR count). The summed E-state index contributed by atoms with van der Waals surface area (Å²) in [6.45, 7) is 2.31. The highest BCUT2D eigenvalue weighted by atomic mass is 19.3. The van der Waals surface area contributed by atoms with E-state index in [0.717, 1.165) is 22.4 Å². The van der Waals surface area contributed by atoms with Crippen LogP contribution in [0.3, 0.4) is 0 Å². The van der Waals surface area contributed by atoms with Crippen molar-refractivity contribution in [2.75, 3.05) is 6.54 Å². The zero-order valence-electron chi connectivity index (χ0n) is 14.6. The highest BCUT2D eigenvalue weighted by molar-refractivity contribution is 5.83. The summed E-state index contributed by atoms with van der Waals surface area (Å²) >= 11 is 0. The zero-order valence-corrected chi connectivity index (χ0v) is 14.6. The molecule has 5 nitrogen and oxygen atoms in total. The molecule has 3 heterocycles. The van der Waals surface area contributed by atoms with E-state index in [0.29, 0.717) is 11.2 Å². The SMILES string of the molecule is Cc1cnc2c(CN3CC(=C=C(F)F)CC3=O)c(-c3ccccc3)nn2c1. The van der Waals surface area contributed by atoms with Crippen molar-refractivity contribution in [2.45, 2.75) is 19.9 Å². The van der Waals surface area contributed by atoms with Gasteiger partial charge in [-0.2, -0.15) is 13.9 Å². The van der Waals surface area contributed by atoms with Crippen LogP contribution in [0.1, 0.15) is 17.5 Å². The number of carbonyl (C=O) groups excluding carboxylic acids is 1. The summed E-state index contributed by atoms with van der Waals surface area (Å²) in [5, 5.41) is 4.65. The molecule has 1 aliphatic rings. The lowest BCUT2D eigenvalue weighted by Gasteiger charge is -2.15. The Morgan fingerprint density at radius 3 is 2.78 bits per heavy atom. The number of hydrogen-bond acceptors (Lipinski definition) is 3. The Hall–Kier alpha value is -3.31. The van der Waals surface area contributed by atoms with Gasteiger partial charge < -0.3 is 4.90 Å². The molecule has 0 spiro atoms. The molecule has 7 heteroatoms. The fraction of sp³-hybridized carbons (Fsp3) is 0.200. The van der Waals surface area contributed by atoms with Gasteiger partial charge in [0, 0.05) is 29.1 Å². The summed E-state index contributed by atoms with van der Waals surface area (Å²) in [5.74, 6) is -0.204. The van der Waals surface area contributed by atoms with E-state index >= 15 is 0 Å². The van der Waals surface area contributed by atoms with Crippen molar-refractivity contribution in [1.29, 1.82) is 0 Å². The molecule has 1 amide bonds. The molecule has 0 saturated carbocycles. The average Bonchev–Trinajstić information content (AvgIpc) is 3.15. The minimum Gasteiger partial charge on any atom is -0.333 e. The van der Waals surface area contributed by atoms with Gasteiger partial charge in [0.25, 0.3) is 0 Å². The molecule has 27 heavy (non-hydrogen) atoms. The van der Waals surface area contributed by atoms with Gasteiger partial charge in [0.05, 0.1) is 19.5 Å². The number of aryl methyl sites for hydroxylation is 1. The molecular formula is C20H16F2N4O. The van der Waals surface area contributed by atoms with Crippen molar-refractivity contribution in [3.8, 4) is 11.3 Å². The van der Waals surface area contributed by atoms with Crippen molar-refractivity contribution in [2.24, 2.45) is 0 Å². The maximum absolute atomic E-state index is 12.5. The van der Waals surface area contributed by atoms with Crippen LogP contribution in [0, 0.1) is 6.92 Å². The third-order valence-corrected chi connectivity index (χ3v) is 4.46. The number of hydrogen-bond donors (Lipinski definition) is 0. The topological polar surface area (TPSA) is 50.5 Å². The Morgan fingerprint density at radius 2 is 2.04 bits per heavy atom. The van der Waals surface area contributed by atoms with Gasteiger partial charge in [-0.25, -0.2) is 9.50 Å². The first-order valence-electron chi connectivity index (χ1n) is 8.48. The number of aromatic nitrogens is 3. The van der Waals surface area contributed by atoms with Gasteiger partial charge in [0.2, 0.25) is 5.91 Å². The third kappa shape index (κ3) is 3.37. The Bertz CT molecular complexity index is 1090. The molecule has 0 aliphatic carbocycles. The lowest BCUT2D eigenvalue weighted by atomic mass is 10.1. The molecule has 0 unspecified atom stereocenters. The largest absolute Gasteiger partial charge is 0.333 e. The highest BCUT2D eigenvalue weighted by Gasteiger charge is 2.28. The van der Waals surface area contributed by atoms with Crippen LogP contribution in [0.5, 0.6) is 0 Å². The van der Waals surface area contributed by atoms with Crippen molar-refractivity contribution in [3.05, 3.63) is 71.2 Å². The lowest BCUT2D eigenvalue weighted by Crippen LogP contribution is -2.24. The summed E-state index contributed by atoms with van der Waals surface area (Å²) in [6, 6.07) is 9.63. The molecule has 0 N–H and O–H groups in total. The van der Waals surface area contributed by atoms with Gasteiger partial charge in [-0.05, 0) is 18.2 Å². The van der Waals surface area contributed by atoms with Crippen molar-refractivity contribution in [3.63, 3.8) is 0 Å². The molecule has 0 bridgehead atoms. The van der Waals surface area contributed by atoms with E-state index < -0.39 is 6.08 Å². The predicted molar refractivity (Wildman–Crippen MR) is 95.9 cm³/mol. The van der Waals surface area contributed by atoms with Crippen LogP contribution < -0.4 is 0 Å². The summed E-state index contributed by atoms with van der Waals surface area (Å²) < 4.78 is 26.7. The van der Waals surface area contributed by atoms with Gasteiger partial charge in [-0.3, -0.25) is 4.79 Å². The van der Waals surface area contributed by atoms with Gasteiger partial charge in [0.1, 0.15) is 5.69 Å². The minimum absolute atomic E-state index is 0.0379. The van der Waals surface area contributed by atoms with Crippen LogP contribution in [-0.2, 0) is 11.3 Å². The van der Waals surface area contributed by atoms with E-state index in [4.69, 9.17) is 0 Å². The van der Waals surface area contributed by atoms with E-state index in [1.54, 1.807) is 10.7 Å². The first-order chi connectivity index (χ1) is 13.0. The molecule has 0 atom stereocenters. The Kier molecular flexibility index (Phi) is 4.30. The number of halogens is 2. The molecule has 2 aromatic heterocycles. The van der Waals surface area contributed by atoms with Crippen LogP contribution in [0.2, 0.25) is 0 Å². The van der Waals surface area contributed by atoms with Crippen molar-refractivity contribution >= 4 is 11.6 Å². The second kappa shape index (κ2) is 6.78. The molecule has 1 aliphatic heterocycles. The van der Waals surface area contributed by atoms with E-state index in [1.807, 2.05) is 49.2 Å². The Balaban J connectivity index is 1.79. The van der Waals surface area contributed by atoms with Crippen molar-refractivity contribution in [1.82, 2.24) is 19.5 Å². The van der Waals surface area contributed by atoms with Gasteiger partial charge in [-0.1, -0.05) is 30.3 Å². The third-order valence-electron chi connectivity index (χ3n) is 4.46. The Labute approximate surface area is 154 Å². The molecule has 1 fully saturated rings. The van der Waals surface area contributed by atoms with Crippen molar-refractivity contribution < 1.29 is 13.6 Å². The number of carbonyl (C=O) groups is 1. The smallest absolute Gasteiger partial charge is 0.313 e. The van der Waals surface area contributed by atoms with E-state index in [-0.39, 0.29) is 25.4 Å². The first kappa shape index (κ1) is 17.1. The number of fused-ring (bicyclic) bond motifs is 1. The number of nitrogens with zero attached hydrogens (tertiary/aromatic N) is 4. The zero-order chi connectivity index (χ0) is 19.0. The standard InChI is InChI=1S/C20H16F2N4O/c1-13-9-23-20-16(12-25-11-14(7-17(21)22)8-18(25)27)19(24-26(20)10-13)15-5-3-2-4-6-15/h2-6,9-10H,8,11-12H2,1H3. The molecule has 3 aromatic rings. The highest BCUT2D eigenvalue weighted by Crippen LogP contribution is 2.29. The van der Waals surface area contributed by atoms with Crippen LogP contribution in [0.25, 0.3) is 16.9 Å². The lowest BCUT2D eigenvalue weighted by molar-refractivity contribution is -0.128. The summed E-state index contributed by atoms with van der Waals surface area (Å²) in [6.07, 6.45) is 1.67. The molecular weight excluding hydrogens is 350 g/mol. The van der Waals surface area contributed by atoms with Crippen LogP contribution in [0.4, 0.5) is 8.78 Å². The van der Waals surface area contributed by atoms with Crippen LogP contribution >= 0.6 is 0 Å². The summed E-state index contributed by atoms with van der Waals surface area (Å²) in [7, 11) is 0. The number of benzene rings is 1. The molecule has 136 valence electrons. The fourth-order valence-corrected chi connectivity index (χ4v) is 3.27. The van der Waals surface area contributed by atoms with Gasteiger partial charge in [0.15, 0.2) is 5.65 Å². The predicted octanol–water partition coefficient (Wildman–Crippen LogP) is 3.74. The van der Waals surface area contributed by atoms with E-state index in [1.165, 1.54) is 4.90 Å². The van der Waals surface area contributed by atoms with Gasteiger partial charge in [-0.15, -0.1) is 0 Å². The molecule has 0 radical (unpaired) electrons. The second-order valence-electron chi connectivity index (χ2n) is 6.51. The Morgan fingerprint density at radius 1 is 1.26 bits per heavy atom. The summed E-state index contributed by atoms with van der Waals surface area (Å²) in [5.41, 5.74) is 6.31. The normalized spacial score (nSPS) is 14.1. The fourth-order valence-electron chi connectivity index (χ4n) is 3.27. The quantitative estimate of drug-likeness (QED) is 0.664. The maximum atomic E-state index is 12.5. The van der Waals surface area contributed by atoms with E-state index in [9.17, 15) is 13.6 Å². The maximum Gasteiger partial charge on any atom is 0.313 e. The number of rotatable bonds is 3. The van der Waals surface area contributed by atoms with Crippen LogP contribution in [-0.4, -0.2) is 31.9 Å². The first-order valence-corrected chi connectivity index (χ1v) is 8.48. The number of amides is 1. The van der Waals surface area contributed by atoms with Gasteiger partial charge >= 0.3 is 6.08 Å².